The normalized spacial score (nSPS) is 20.8. The lowest BCUT2D eigenvalue weighted by molar-refractivity contribution is -0.123. The first-order valence-corrected chi connectivity index (χ1v) is 6.15. The van der Waals surface area contributed by atoms with E-state index in [1.165, 1.54) is 0 Å². The molecule has 1 amide bonds. The molecule has 0 saturated carbocycles. The van der Waals surface area contributed by atoms with Crippen LogP contribution in [0.5, 0.6) is 0 Å². The van der Waals surface area contributed by atoms with E-state index >= 15 is 0 Å². The molecule has 1 fully saturated rings. The molecule has 3 heteroatoms. The number of rotatable bonds is 2. The maximum atomic E-state index is 12.1. The number of carbonyl (C=O) groups excluding carboxylic acids is 1. The quantitative estimate of drug-likeness (QED) is 0.851. The highest BCUT2D eigenvalue weighted by Crippen LogP contribution is 2.27. The summed E-state index contributed by atoms with van der Waals surface area (Å²) >= 11 is 0. The van der Waals surface area contributed by atoms with Gasteiger partial charge < -0.3 is 10.0 Å². The lowest BCUT2D eigenvalue weighted by atomic mass is 9.97. The van der Waals surface area contributed by atoms with Crippen LogP contribution in [-0.4, -0.2) is 17.6 Å². The first-order chi connectivity index (χ1) is 8.13. The molecule has 0 aromatic heterocycles. The van der Waals surface area contributed by atoms with Gasteiger partial charge in [-0.2, -0.15) is 0 Å². The van der Waals surface area contributed by atoms with Crippen LogP contribution in [0.1, 0.15) is 30.9 Å². The highest BCUT2D eigenvalue weighted by molar-refractivity contribution is 5.96. The fourth-order valence-corrected chi connectivity index (χ4v) is 2.41. The molecule has 2 rings (SSSR count). The highest BCUT2D eigenvalue weighted by Gasteiger charge is 2.26. The second-order valence-corrected chi connectivity index (χ2v) is 4.81. The highest BCUT2D eigenvalue weighted by atomic mass is 16.3. The molecule has 3 nitrogen and oxygen atoms in total. The summed E-state index contributed by atoms with van der Waals surface area (Å²) in [6.45, 7) is 4.83. The Balaban J connectivity index is 2.30. The number of aryl methyl sites for hydroxylation is 1. The Hall–Kier alpha value is -1.35. The zero-order valence-corrected chi connectivity index (χ0v) is 10.4. The van der Waals surface area contributed by atoms with Gasteiger partial charge in [-0.25, -0.2) is 0 Å². The number of aliphatic hydroxyl groups excluding tert-OH is 1. The van der Waals surface area contributed by atoms with Gasteiger partial charge in [0, 0.05) is 18.2 Å². The summed E-state index contributed by atoms with van der Waals surface area (Å²) in [5, 5.41) is 9.08. The Morgan fingerprint density at radius 3 is 2.88 bits per heavy atom. The maximum absolute atomic E-state index is 12.1. The van der Waals surface area contributed by atoms with Crippen LogP contribution >= 0.6 is 0 Å². The second-order valence-electron chi connectivity index (χ2n) is 4.81. The lowest BCUT2D eigenvalue weighted by Crippen LogP contribution is -2.40. The molecule has 0 aliphatic carbocycles. The molecule has 0 spiro atoms. The third-order valence-corrected chi connectivity index (χ3v) is 3.44. The average molecular weight is 233 g/mol. The first kappa shape index (κ1) is 12.1. The molecule has 92 valence electrons. The van der Waals surface area contributed by atoms with Crippen molar-refractivity contribution in [1.82, 2.24) is 0 Å². The number of aliphatic hydroxyl groups is 1. The number of benzene rings is 1. The number of anilines is 1. The number of hydrogen-bond acceptors (Lipinski definition) is 2. The summed E-state index contributed by atoms with van der Waals surface area (Å²) in [5.41, 5.74) is 2.93. The second kappa shape index (κ2) is 4.88. The summed E-state index contributed by atoms with van der Waals surface area (Å²) < 4.78 is 0. The molecule has 1 atom stereocenters. The van der Waals surface area contributed by atoms with Crippen LogP contribution in [0, 0.1) is 12.8 Å². The van der Waals surface area contributed by atoms with Crippen LogP contribution < -0.4 is 4.90 Å². The smallest absolute Gasteiger partial charge is 0.229 e. The largest absolute Gasteiger partial charge is 0.392 e. The van der Waals surface area contributed by atoms with Crippen molar-refractivity contribution in [2.45, 2.75) is 33.3 Å². The topological polar surface area (TPSA) is 40.5 Å². The van der Waals surface area contributed by atoms with Crippen molar-refractivity contribution in [1.29, 1.82) is 0 Å². The van der Waals surface area contributed by atoms with Gasteiger partial charge in [0.1, 0.15) is 0 Å². The minimum absolute atomic E-state index is 0.0471. The van der Waals surface area contributed by atoms with Gasteiger partial charge in [-0.05, 0) is 37.0 Å². The van der Waals surface area contributed by atoms with Crippen molar-refractivity contribution in [2.24, 2.45) is 5.92 Å². The van der Waals surface area contributed by atoms with Gasteiger partial charge in [0.05, 0.1) is 6.61 Å². The summed E-state index contributed by atoms with van der Waals surface area (Å²) in [5.74, 6) is 0.344. The third-order valence-electron chi connectivity index (χ3n) is 3.44. The number of nitrogens with zero attached hydrogens (tertiary/aromatic N) is 1. The number of carbonyl (C=O) groups is 1. The molecular formula is C14H19NO2. The van der Waals surface area contributed by atoms with Crippen LogP contribution in [0.25, 0.3) is 0 Å². The monoisotopic (exact) mass is 233 g/mol. The number of amides is 1. The molecule has 1 aromatic rings. The Kier molecular flexibility index (Phi) is 3.48. The van der Waals surface area contributed by atoms with Gasteiger partial charge in [-0.1, -0.05) is 19.1 Å². The average Bonchev–Trinajstić information content (AvgIpc) is 2.33. The Bertz CT molecular complexity index is 428. The molecule has 1 unspecified atom stereocenters. The SMILES string of the molecule is Cc1cc(CO)ccc1N1CCCC(C)C1=O. The van der Waals surface area contributed by atoms with Crippen LogP contribution in [0.4, 0.5) is 5.69 Å². The molecular weight excluding hydrogens is 214 g/mol. The van der Waals surface area contributed by atoms with Crippen molar-refractivity contribution >= 4 is 11.6 Å². The summed E-state index contributed by atoms with van der Waals surface area (Å²) in [6, 6.07) is 5.77. The van der Waals surface area contributed by atoms with Gasteiger partial charge in [0.2, 0.25) is 5.91 Å². The van der Waals surface area contributed by atoms with Crippen LogP contribution in [0.2, 0.25) is 0 Å². The van der Waals surface area contributed by atoms with Crippen LogP contribution in [0.3, 0.4) is 0 Å². The van der Waals surface area contributed by atoms with E-state index in [4.69, 9.17) is 5.11 Å². The summed E-state index contributed by atoms with van der Waals surface area (Å²) in [4.78, 5) is 14.0. The van der Waals surface area contributed by atoms with Gasteiger partial charge in [-0.3, -0.25) is 4.79 Å². The molecule has 1 N–H and O–H groups in total. The van der Waals surface area contributed by atoms with E-state index in [9.17, 15) is 4.79 Å². The van der Waals surface area contributed by atoms with E-state index in [1.54, 1.807) is 0 Å². The molecule has 1 saturated heterocycles. The number of piperidine rings is 1. The Labute approximate surface area is 102 Å². The van der Waals surface area contributed by atoms with Crippen molar-refractivity contribution < 1.29 is 9.90 Å². The Morgan fingerprint density at radius 1 is 1.47 bits per heavy atom. The molecule has 1 aromatic carbocycles. The molecule has 1 heterocycles. The van der Waals surface area contributed by atoms with Crippen molar-refractivity contribution in [3.8, 4) is 0 Å². The van der Waals surface area contributed by atoms with E-state index in [1.807, 2.05) is 36.9 Å². The minimum atomic E-state index is 0.0471. The maximum Gasteiger partial charge on any atom is 0.229 e. The predicted octanol–water partition coefficient (Wildman–Crippen LogP) is 2.25. The molecule has 17 heavy (non-hydrogen) atoms. The first-order valence-electron chi connectivity index (χ1n) is 6.15. The van der Waals surface area contributed by atoms with Gasteiger partial charge in [0.25, 0.3) is 0 Å². The van der Waals surface area contributed by atoms with E-state index in [2.05, 4.69) is 0 Å². The molecule has 1 aliphatic heterocycles. The van der Waals surface area contributed by atoms with E-state index < -0.39 is 0 Å². The van der Waals surface area contributed by atoms with Gasteiger partial charge in [0.15, 0.2) is 0 Å². The van der Waals surface area contributed by atoms with E-state index in [0.29, 0.717) is 0 Å². The molecule has 1 aliphatic rings. The van der Waals surface area contributed by atoms with E-state index in [0.717, 1.165) is 36.2 Å². The van der Waals surface area contributed by atoms with Crippen LogP contribution in [0.15, 0.2) is 18.2 Å². The van der Waals surface area contributed by atoms with Gasteiger partial charge >= 0.3 is 0 Å². The van der Waals surface area contributed by atoms with Crippen molar-refractivity contribution in [3.05, 3.63) is 29.3 Å². The standard InChI is InChI=1S/C14H19NO2/c1-10-4-3-7-15(14(10)17)13-6-5-12(9-16)8-11(13)2/h5-6,8,10,16H,3-4,7,9H2,1-2H3. The number of hydrogen-bond donors (Lipinski definition) is 1. The Morgan fingerprint density at radius 2 is 2.24 bits per heavy atom. The lowest BCUT2D eigenvalue weighted by Gasteiger charge is -2.31. The van der Waals surface area contributed by atoms with Crippen molar-refractivity contribution in [3.63, 3.8) is 0 Å². The van der Waals surface area contributed by atoms with Crippen molar-refractivity contribution in [2.75, 3.05) is 11.4 Å². The fraction of sp³-hybridized carbons (Fsp3) is 0.500. The molecule has 0 radical (unpaired) electrons. The minimum Gasteiger partial charge on any atom is -0.392 e. The zero-order valence-electron chi connectivity index (χ0n) is 10.4. The van der Waals surface area contributed by atoms with Gasteiger partial charge in [-0.15, -0.1) is 0 Å². The van der Waals surface area contributed by atoms with Crippen LogP contribution in [-0.2, 0) is 11.4 Å². The fourth-order valence-electron chi connectivity index (χ4n) is 2.41. The summed E-state index contributed by atoms with van der Waals surface area (Å²) in [7, 11) is 0. The zero-order chi connectivity index (χ0) is 12.4. The molecule has 0 bridgehead atoms. The predicted molar refractivity (Wildman–Crippen MR) is 67.9 cm³/mol. The summed E-state index contributed by atoms with van der Waals surface area (Å²) in [6.07, 6.45) is 2.05. The van der Waals surface area contributed by atoms with E-state index in [-0.39, 0.29) is 18.4 Å². The third kappa shape index (κ3) is 2.34.